The fraction of sp³-hybridized carbons (Fsp3) is 0.273. The predicted octanol–water partition coefficient (Wildman–Crippen LogP) is 5.00. The Morgan fingerprint density at radius 1 is 1.09 bits per heavy atom. The molecule has 1 fully saturated rings. The molecule has 2 aromatic carbocycles. The first-order chi connectivity index (χ1) is 16.2. The summed E-state index contributed by atoms with van der Waals surface area (Å²) in [6.07, 6.45) is -1.33. The standard InChI is InChI=1S/C22H18F4N6O2/c23-15-6-3-13(4-7-15)16-12-18(31-21(27-16)28-20(29-31)22(24,25)26)14-5-8-17(19(11-14)32(33)34)30-9-1-2-10-30/h3-8,11-12,18H,1-2,9-10H2,(H,27,28,29). The Morgan fingerprint density at radius 2 is 1.79 bits per heavy atom. The third kappa shape index (κ3) is 3.95. The molecule has 0 bridgehead atoms. The smallest absolute Gasteiger partial charge is 0.366 e. The lowest BCUT2D eigenvalue weighted by Crippen LogP contribution is -2.22. The first-order valence-electron chi connectivity index (χ1n) is 10.5. The van der Waals surface area contributed by atoms with Gasteiger partial charge in [0.15, 0.2) is 0 Å². The molecule has 0 aliphatic carbocycles. The molecule has 2 aliphatic rings. The van der Waals surface area contributed by atoms with Crippen molar-refractivity contribution in [2.45, 2.75) is 25.1 Å². The molecule has 5 rings (SSSR count). The zero-order chi connectivity index (χ0) is 24.0. The minimum absolute atomic E-state index is 0.132. The van der Waals surface area contributed by atoms with Crippen LogP contribution in [0.1, 0.15) is 35.8 Å². The van der Waals surface area contributed by atoms with Gasteiger partial charge in [-0.3, -0.25) is 10.1 Å². The van der Waals surface area contributed by atoms with Gasteiger partial charge in [-0.1, -0.05) is 6.07 Å². The van der Waals surface area contributed by atoms with Crippen molar-refractivity contribution < 1.29 is 22.5 Å². The van der Waals surface area contributed by atoms with Crippen LogP contribution in [0.4, 0.5) is 34.9 Å². The van der Waals surface area contributed by atoms with Crippen molar-refractivity contribution in [1.29, 1.82) is 0 Å². The number of halogens is 4. The van der Waals surface area contributed by atoms with Crippen LogP contribution in [0.15, 0.2) is 48.5 Å². The van der Waals surface area contributed by atoms with Crippen LogP contribution in [0.3, 0.4) is 0 Å². The predicted molar refractivity (Wildman–Crippen MR) is 116 cm³/mol. The second kappa shape index (κ2) is 8.12. The summed E-state index contributed by atoms with van der Waals surface area (Å²) in [4.78, 5) is 16.9. The normalized spacial score (nSPS) is 17.8. The van der Waals surface area contributed by atoms with Crippen LogP contribution in [0.2, 0.25) is 0 Å². The number of aromatic nitrogens is 3. The molecular formula is C22H18F4N6O2. The first kappa shape index (κ1) is 21.9. The monoisotopic (exact) mass is 474 g/mol. The van der Waals surface area contributed by atoms with Gasteiger partial charge in [0.25, 0.3) is 11.5 Å². The van der Waals surface area contributed by atoms with Crippen molar-refractivity contribution >= 4 is 23.0 Å². The van der Waals surface area contributed by atoms with Gasteiger partial charge in [-0.15, -0.1) is 5.10 Å². The largest absolute Gasteiger partial charge is 0.453 e. The Morgan fingerprint density at radius 3 is 2.44 bits per heavy atom. The second-order valence-electron chi connectivity index (χ2n) is 8.06. The number of allylic oxidation sites excluding steroid dienone is 1. The van der Waals surface area contributed by atoms with Crippen molar-refractivity contribution in [1.82, 2.24) is 14.8 Å². The fourth-order valence-electron chi connectivity index (χ4n) is 4.24. The lowest BCUT2D eigenvalue weighted by molar-refractivity contribution is -0.384. The van der Waals surface area contributed by atoms with Crippen molar-refractivity contribution in [3.8, 4) is 0 Å². The molecule has 1 aromatic heterocycles. The van der Waals surface area contributed by atoms with Gasteiger partial charge in [-0.05, 0) is 60.4 Å². The highest BCUT2D eigenvalue weighted by atomic mass is 19.4. The van der Waals surface area contributed by atoms with Crippen molar-refractivity contribution in [3.63, 3.8) is 0 Å². The van der Waals surface area contributed by atoms with E-state index in [1.807, 2.05) is 4.90 Å². The number of benzene rings is 2. The average molecular weight is 474 g/mol. The van der Waals surface area contributed by atoms with E-state index in [1.165, 1.54) is 30.3 Å². The van der Waals surface area contributed by atoms with Crippen molar-refractivity contribution in [2.24, 2.45) is 0 Å². The van der Waals surface area contributed by atoms with E-state index in [4.69, 9.17) is 0 Å². The summed E-state index contributed by atoms with van der Waals surface area (Å²) >= 11 is 0. The molecule has 3 aromatic rings. The van der Waals surface area contributed by atoms with Crippen LogP contribution in [0, 0.1) is 15.9 Å². The highest BCUT2D eigenvalue weighted by molar-refractivity contribution is 5.77. The van der Waals surface area contributed by atoms with Gasteiger partial charge in [0.2, 0.25) is 5.95 Å². The molecule has 3 heterocycles. The van der Waals surface area contributed by atoms with E-state index in [2.05, 4.69) is 15.4 Å². The minimum Gasteiger partial charge on any atom is -0.366 e. The number of nitro benzene ring substituents is 1. The number of fused-ring (bicyclic) bond motifs is 1. The lowest BCUT2D eigenvalue weighted by Gasteiger charge is -2.25. The molecule has 0 amide bonds. The Labute approximate surface area is 190 Å². The number of hydrogen-bond acceptors (Lipinski definition) is 6. The topological polar surface area (TPSA) is 89.1 Å². The zero-order valence-corrected chi connectivity index (χ0v) is 17.6. The summed E-state index contributed by atoms with van der Waals surface area (Å²) in [7, 11) is 0. The van der Waals surface area contributed by atoms with Gasteiger partial charge in [0, 0.05) is 24.9 Å². The van der Waals surface area contributed by atoms with Crippen LogP contribution in [-0.4, -0.2) is 32.8 Å². The van der Waals surface area contributed by atoms with Gasteiger partial charge < -0.3 is 10.2 Å². The average Bonchev–Trinajstić information content (AvgIpc) is 3.48. The number of nitro groups is 1. The Kier molecular flexibility index (Phi) is 5.22. The molecule has 34 heavy (non-hydrogen) atoms. The van der Waals surface area contributed by atoms with Crippen LogP contribution >= 0.6 is 0 Å². The molecule has 2 aliphatic heterocycles. The van der Waals surface area contributed by atoms with Gasteiger partial charge >= 0.3 is 6.18 Å². The van der Waals surface area contributed by atoms with E-state index in [1.54, 1.807) is 18.2 Å². The molecule has 0 spiro atoms. The third-order valence-corrected chi connectivity index (χ3v) is 5.86. The molecule has 0 saturated carbocycles. The summed E-state index contributed by atoms with van der Waals surface area (Å²) in [5.74, 6) is -1.98. The summed E-state index contributed by atoms with van der Waals surface area (Å²) in [6.45, 7) is 1.40. The highest BCUT2D eigenvalue weighted by Gasteiger charge is 2.39. The van der Waals surface area contributed by atoms with E-state index in [0.29, 0.717) is 35.6 Å². The molecule has 0 radical (unpaired) electrons. The quantitative estimate of drug-likeness (QED) is 0.325. The molecular weight excluding hydrogens is 456 g/mol. The van der Waals surface area contributed by atoms with Crippen molar-refractivity contribution in [3.05, 3.63) is 81.4 Å². The SMILES string of the molecule is O=[N+]([O-])c1cc(C2C=C(c3ccc(F)cc3)Nc3nc(C(F)(F)F)nn32)ccc1N1CCCC1. The lowest BCUT2D eigenvalue weighted by atomic mass is 10.0. The summed E-state index contributed by atoms with van der Waals surface area (Å²) in [5.41, 5.74) is 1.60. The Hall–Kier alpha value is -3.96. The van der Waals surface area contributed by atoms with E-state index in [9.17, 15) is 27.7 Å². The summed E-state index contributed by atoms with van der Waals surface area (Å²) in [5, 5.41) is 18.3. The van der Waals surface area contributed by atoms with Crippen LogP contribution in [-0.2, 0) is 6.18 Å². The summed E-state index contributed by atoms with van der Waals surface area (Å²) < 4.78 is 54.5. The van der Waals surface area contributed by atoms with E-state index >= 15 is 0 Å². The van der Waals surface area contributed by atoms with Gasteiger partial charge in [-0.2, -0.15) is 18.2 Å². The number of nitrogens with one attached hydrogen (secondary N) is 1. The first-order valence-corrected chi connectivity index (χ1v) is 10.5. The zero-order valence-electron chi connectivity index (χ0n) is 17.6. The maximum atomic E-state index is 13.4. The van der Waals surface area contributed by atoms with E-state index in [0.717, 1.165) is 17.5 Å². The Bertz CT molecular complexity index is 1280. The van der Waals surface area contributed by atoms with E-state index in [-0.39, 0.29) is 11.6 Å². The number of hydrogen-bond donors (Lipinski definition) is 1. The maximum Gasteiger partial charge on any atom is 0.453 e. The number of alkyl halides is 3. The van der Waals surface area contributed by atoms with Crippen LogP contribution in [0.25, 0.3) is 5.70 Å². The molecule has 176 valence electrons. The number of anilines is 2. The maximum absolute atomic E-state index is 13.4. The minimum atomic E-state index is -4.78. The molecule has 12 heteroatoms. The van der Waals surface area contributed by atoms with Crippen LogP contribution < -0.4 is 10.2 Å². The molecule has 8 nitrogen and oxygen atoms in total. The molecule has 1 N–H and O–H groups in total. The van der Waals surface area contributed by atoms with E-state index < -0.39 is 28.8 Å². The van der Waals surface area contributed by atoms with Crippen LogP contribution in [0.5, 0.6) is 0 Å². The number of nitrogens with zero attached hydrogens (tertiary/aromatic N) is 5. The number of rotatable bonds is 4. The second-order valence-corrected chi connectivity index (χ2v) is 8.06. The Balaban J connectivity index is 1.63. The fourth-order valence-corrected chi connectivity index (χ4v) is 4.24. The van der Waals surface area contributed by atoms with Gasteiger partial charge in [-0.25, -0.2) is 9.07 Å². The van der Waals surface area contributed by atoms with Gasteiger partial charge in [0.05, 0.1) is 4.92 Å². The van der Waals surface area contributed by atoms with Crippen molar-refractivity contribution in [2.75, 3.05) is 23.3 Å². The summed E-state index contributed by atoms with van der Waals surface area (Å²) in [6, 6.07) is 9.11. The molecule has 1 saturated heterocycles. The molecule has 1 unspecified atom stereocenters. The van der Waals surface area contributed by atoms with Gasteiger partial charge in [0.1, 0.15) is 17.5 Å². The highest BCUT2D eigenvalue weighted by Crippen LogP contribution is 2.39. The third-order valence-electron chi connectivity index (χ3n) is 5.86. The molecule has 1 atom stereocenters.